The zero-order chi connectivity index (χ0) is 19.4. The van der Waals surface area contributed by atoms with Crippen molar-refractivity contribution in [2.75, 3.05) is 11.9 Å². The molecule has 0 aliphatic heterocycles. The Bertz CT molecular complexity index is 941. The average Bonchev–Trinajstić information content (AvgIpc) is 3.22. The summed E-state index contributed by atoms with van der Waals surface area (Å²) in [4.78, 5) is 37.8. The van der Waals surface area contributed by atoms with Gasteiger partial charge < -0.3 is 10.1 Å². The summed E-state index contributed by atoms with van der Waals surface area (Å²) >= 11 is 1.35. The molecule has 27 heavy (non-hydrogen) atoms. The molecular weight excluding hydrogens is 366 g/mol. The Morgan fingerprint density at radius 1 is 1.19 bits per heavy atom. The van der Waals surface area contributed by atoms with Gasteiger partial charge in [0.05, 0.1) is 23.8 Å². The van der Waals surface area contributed by atoms with Gasteiger partial charge in [0.15, 0.2) is 0 Å². The molecule has 0 saturated carbocycles. The van der Waals surface area contributed by atoms with E-state index < -0.39 is 12.0 Å². The molecule has 1 aliphatic carbocycles. The van der Waals surface area contributed by atoms with Crippen LogP contribution in [0.5, 0.6) is 0 Å². The largest absolute Gasteiger partial charge is 0.450 e. The van der Waals surface area contributed by atoms with Gasteiger partial charge in [-0.3, -0.25) is 14.9 Å². The van der Waals surface area contributed by atoms with Crippen molar-refractivity contribution in [3.8, 4) is 6.07 Å². The SMILES string of the molecule is CCOC(=O)NC(=O)c1c(NC(=O)c2ccc(C#N)cc2)sc2c1CCC2. The van der Waals surface area contributed by atoms with Crippen LogP contribution >= 0.6 is 11.3 Å². The summed E-state index contributed by atoms with van der Waals surface area (Å²) in [6, 6.07) is 8.20. The number of hydrogen-bond donors (Lipinski definition) is 2. The van der Waals surface area contributed by atoms with Crippen LogP contribution in [0.1, 0.15) is 50.1 Å². The molecule has 3 amide bonds. The highest BCUT2D eigenvalue weighted by atomic mass is 32.1. The number of alkyl carbamates (subject to hydrolysis) is 1. The first kappa shape index (κ1) is 18.6. The lowest BCUT2D eigenvalue weighted by molar-refractivity contribution is 0.0925. The molecule has 0 unspecified atom stereocenters. The molecule has 0 fully saturated rings. The summed E-state index contributed by atoms with van der Waals surface area (Å²) in [7, 11) is 0. The minimum absolute atomic E-state index is 0.156. The average molecular weight is 383 g/mol. The lowest BCUT2D eigenvalue weighted by atomic mass is 10.1. The quantitative estimate of drug-likeness (QED) is 0.842. The highest BCUT2D eigenvalue weighted by molar-refractivity contribution is 7.17. The standard InChI is InChI=1S/C19H17N3O4S/c1-2-26-19(25)22-17(24)15-13-4-3-5-14(13)27-18(15)21-16(23)12-8-6-11(10-20)7-9-12/h6-9H,2-5H2,1H3,(H,21,23)(H,22,24,25). The molecule has 1 heterocycles. The van der Waals surface area contributed by atoms with Crippen LogP contribution in [0.15, 0.2) is 24.3 Å². The van der Waals surface area contributed by atoms with E-state index in [1.165, 1.54) is 11.3 Å². The number of nitriles is 1. The molecule has 2 aromatic rings. The number of nitrogens with one attached hydrogen (secondary N) is 2. The fourth-order valence-corrected chi connectivity index (χ4v) is 4.21. The van der Waals surface area contributed by atoms with Crippen molar-refractivity contribution < 1.29 is 19.1 Å². The van der Waals surface area contributed by atoms with E-state index in [2.05, 4.69) is 10.6 Å². The summed E-state index contributed by atoms with van der Waals surface area (Å²) in [6.45, 7) is 1.80. The summed E-state index contributed by atoms with van der Waals surface area (Å²) in [5, 5.41) is 14.2. The molecular formula is C19H17N3O4S. The van der Waals surface area contributed by atoms with E-state index in [1.807, 2.05) is 6.07 Å². The van der Waals surface area contributed by atoms with Crippen molar-refractivity contribution in [3.63, 3.8) is 0 Å². The van der Waals surface area contributed by atoms with Crippen LogP contribution in [-0.2, 0) is 17.6 Å². The van der Waals surface area contributed by atoms with Crippen molar-refractivity contribution in [1.82, 2.24) is 5.32 Å². The highest BCUT2D eigenvalue weighted by Gasteiger charge is 2.28. The topological polar surface area (TPSA) is 108 Å². The second-order valence-corrected chi connectivity index (χ2v) is 6.98. The molecule has 2 N–H and O–H groups in total. The number of thiophene rings is 1. The Balaban J connectivity index is 1.85. The number of carbonyl (C=O) groups is 3. The minimum Gasteiger partial charge on any atom is -0.450 e. The van der Waals surface area contributed by atoms with Gasteiger partial charge in [0.2, 0.25) is 0 Å². The van der Waals surface area contributed by atoms with Gasteiger partial charge in [0, 0.05) is 10.4 Å². The summed E-state index contributed by atoms with van der Waals surface area (Å²) in [5.41, 5.74) is 2.02. The van der Waals surface area contributed by atoms with Crippen LogP contribution in [0.2, 0.25) is 0 Å². The summed E-state index contributed by atoms with van der Waals surface area (Å²) < 4.78 is 4.76. The van der Waals surface area contributed by atoms with Crippen LogP contribution in [0.3, 0.4) is 0 Å². The predicted octanol–water partition coefficient (Wildman–Crippen LogP) is 3.25. The van der Waals surface area contributed by atoms with E-state index in [1.54, 1.807) is 31.2 Å². The molecule has 0 saturated heterocycles. The second kappa shape index (κ2) is 8.01. The lowest BCUT2D eigenvalue weighted by Crippen LogP contribution is -2.32. The third kappa shape index (κ3) is 3.99. The van der Waals surface area contributed by atoms with Crippen molar-refractivity contribution >= 4 is 34.2 Å². The van der Waals surface area contributed by atoms with Crippen molar-refractivity contribution in [2.45, 2.75) is 26.2 Å². The van der Waals surface area contributed by atoms with Crippen LogP contribution in [0.25, 0.3) is 0 Å². The van der Waals surface area contributed by atoms with Gasteiger partial charge in [-0.15, -0.1) is 11.3 Å². The molecule has 0 bridgehead atoms. The Hall–Kier alpha value is -3.18. The van der Waals surface area contributed by atoms with E-state index >= 15 is 0 Å². The number of nitrogens with zero attached hydrogens (tertiary/aromatic N) is 1. The Morgan fingerprint density at radius 3 is 2.59 bits per heavy atom. The Kier molecular flexibility index (Phi) is 5.52. The molecule has 1 aliphatic rings. The zero-order valence-corrected chi connectivity index (χ0v) is 15.4. The fourth-order valence-electron chi connectivity index (χ4n) is 2.93. The number of hydrogen-bond acceptors (Lipinski definition) is 6. The van der Waals surface area contributed by atoms with Gasteiger partial charge in [0.1, 0.15) is 5.00 Å². The normalized spacial score (nSPS) is 12.0. The molecule has 0 spiro atoms. The van der Waals surface area contributed by atoms with Crippen LogP contribution in [0, 0.1) is 11.3 Å². The number of amides is 3. The van der Waals surface area contributed by atoms with Gasteiger partial charge in [-0.25, -0.2) is 4.79 Å². The minimum atomic E-state index is -0.815. The van der Waals surface area contributed by atoms with Crippen molar-refractivity contribution in [2.24, 2.45) is 0 Å². The first-order valence-corrected chi connectivity index (χ1v) is 9.29. The number of aryl methyl sites for hydroxylation is 1. The van der Waals surface area contributed by atoms with Gasteiger partial charge in [0.25, 0.3) is 11.8 Å². The molecule has 7 nitrogen and oxygen atoms in total. The molecule has 3 rings (SSSR count). The Morgan fingerprint density at radius 2 is 1.93 bits per heavy atom. The van der Waals surface area contributed by atoms with E-state index in [0.717, 1.165) is 29.7 Å². The van der Waals surface area contributed by atoms with Gasteiger partial charge in [-0.1, -0.05) is 0 Å². The van der Waals surface area contributed by atoms with Gasteiger partial charge >= 0.3 is 6.09 Å². The smallest absolute Gasteiger partial charge is 0.414 e. The van der Waals surface area contributed by atoms with Crippen LogP contribution < -0.4 is 10.6 Å². The zero-order valence-electron chi connectivity index (χ0n) is 14.6. The maximum atomic E-state index is 12.6. The van der Waals surface area contributed by atoms with Crippen molar-refractivity contribution in [1.29, 1.82) is 5.26 Å². The maximum absolute atomic E-state index is 12.6. The molecule has 1 aromatic heterocycles. The lowest BCUT2D eigenvalue weighted by Gasteiger charge is -2.09. The first-order chi connectivity index (χ1) is 13.0. The second-order valence-electron chi connectivity index (χ2n) is 5.88. The number of anilines is 1. The van der Waals surface area contributed by atoms with Gasteiger partial charge in [-0.2, -0.15) is 5.26 Å². The number of rotatable bonds is 4. The van der Waals surface area contributed by atoms with Crippen LogP contribution in [0.4, 0.5) is 9.80 Å². The number of ether oxygens (including phenoxy) is 1. The fraction of sp³-hybridized carbons (Fsp3) is 0.263. The maximum Gasteiger partial charge on any atom is 0.414 e. The van der Waals surface area contributed by atoms with Crippen LogP contribution in [-0.4, -0.2) is 24.5 Å². The molecule has 138 valence electrons. The number of imide groups is 1. The van der Waals surface area contributed by atoms with Crippen molar-refractivity contribution in [3.05, 3.63) is 51.4 Å². The predicted molar refractivity (Wildman–Crippen MR) is 99.9 cm³/mol. The molecule has 1 aromatic carbocycles. The monoisotopic (exact) mass is 383 g/mol. The van der Waals surface area contributed by atoms with E-state index in [4.69, 9.17) is 10.00 Å². The molecule has 0 radical (unpaired) electrons. The number of carbonyl (C=O) groups excluding carboxylic acids is 3. The third-order valence-corrected chi connectivity index (χ3v) is 5.35. The Labute approximate surface area is 159 Å². The molecule has 0 atom stereocenters. The van der Waals surface area contributed by atoms with Gasteiger partial charge in [-0.05, 0) is 56.0 Å². The highest BCUT2D eigenvalue weighted by Crippen LogP contribution is 2.39. The summed E-state index contributed by atoms with van der Waals surface area (Å²) in [6.07, 6.45) is 1.69. The third-order valence-electron chi connectivity index (χ3n) is 4.14. The van der Waals surface area contributed by atoms with E-state index in [0.29, 0.717) is 21.7 Å². The first-order valence-electron chi connectivity index (χ1n) is 8.47. The summed E-state index contributed by atoms with van der Waals surface area (Å²) in [5.74, 6) is -0.965. The number of fused-ring (bicyclic) bond motifs is 1. The molecule has 8 heteroatoms. The van der Waals surface area contributed by atoms with E-state index in [9.17, 15) is 14.4 Å². The van der Waals surface area contributed by atoms with E-state index in [-0.39, 0.29) is 12.5 Å². The number of benzene rings is 1.